The molecule has 0 bridgehead atoms. The van der Waals surface area contributed by atoms with Crippen LogP contribution in [-0.4, -0.2) is 19.5 Å². The van der Waals surface area contributed by atoms with Crippen molar-refractivity contribution in [1.82, 2.24) is 19.5 Å². The molecule has 11 rings (SSSR count). The molecule has 0 saturated carbocycles. The van der Waals surface area contributed by atoms with Gasteiger partial charge in [-0.25, -0.2) is 15.0 Å². The van der Waals surface area contributed by atoms with Crippen LogP contribution in [0.25, 0.3) is 105 Å². The van der Waals surface area contributed by atoms with Gasteiger partial charge in [-0.05, 0) is 35.4 Å². The number of hydrogen-bond acceptors (Lipinski definition) is 4. The summed E-state index contributed by atoms with van der Waals surface area (Å²) in [4.78, 5) is 14.8. The van der Waals surface area contributed by atoms with E-state index in [2.05, 4.69) is 126 Å². The summed E-state index contributed by atoms with van der Waals surface area (Å²) in [5.74, 6) is 1.91. The molecule has 5 nitrogen and oxygen atoms in total. The van der Waals surface area contributed by atoms with Crippen LogP contribution in [0.15, 0.2) is 186 Å². The van der Waals surface area contributed by atoms with E-state index in [1.165, 1.54) is 21.8 Å². The van der Waals surface area contributed by atoms with Gasteiger partial charge in [-0.1, -0.05) is 158 Å². The molecule has 252 valence electrons. The van der Waals surface area contributed by atoms with Gasteiger partial charge in [0.2, 0.25) is 0 Å². The molecule has 0 radical (unpaired) electrons. The Morgan fingerprint density at radius 3 is 1.44 bits per heavy atom. The number of hydrogen-bond donors (Lipinski definition) is 0. The van der Waals surface area contributed by atoms with Gasteiger partial charge >= 0.3 is 0 Å². The first kappa shape index (κ1) is 30.3. The normalized spacial score (nSPS) is 11.7. The molecule has 11 aromatic rings. The lowest BCUT2D eigenvalue weighted by molar-refractivity contribution is 0.672. The minimum atomic E-state index is 0.628. The Morgan fingerprint density at radius 1 is 0.370 bits per heavy atom. The van der Waals surface area contributed by atoms with Crippen molar-refractivity contribution in [2.24, 2.45) is 0 Å². The molecule has 0 atom stereocenters. The third kappa shape index (κ3) is 4.76. The van der Waals surface area contributed by atoms with Crippen molar-refractivity contribution in [2.45, 2.75) is 0 Å². The molecule has 0 aliphatic carbocycles. The average molecular weight is 691 g/mol. The predicted octanol–water partition coefficient (Wildman–Crippen LogP) is 12.7. The van der Waals surface area contributed by atoms with Crippen molar-refractivity contribution >= 4 is 54.5 Å². The number of aromatic nitrogens is 4. The van der Waals surface area contributed by atoms with Crippen molar-refractivity contribution in [1.29, 1.82) is 0 Å². The Kier molecular flexibility index (Phi) is 6.79. The van der Waals surface area contributed by atoms with E-state index in [0.29, 0.717) is 17.5 Å². The van der Waals surface area contributed by atoms with Gasteiger partial charge in [0.15, 0.2) is 17.5 Å². The SMILES string of the molecule is c1ccc(-c2nc(-c3ccccc3)nc(-c3ccc(-c4cccc5oc6c7ccccc7c(-n7c8ccccc8c8ccccc87)cc6c45)cc3)n2)cc1. The summed E-state index contributed by atoms with van der Waals surface area (Å²) in [5, 5.41) is 6.87. The zero-order chi connectivity index (χ0) is 35.6. The van der Waals surface area contributed by atoms with Gasteiger partial charge in [-0.3, -0.25) is 0 Å². The average Bonchev–Trinajstić information content (AvgIpc) is 3.80. The van der Waals surface area contributed by atoms with Gasteiger partial charge in [-0.15, -0.1) is 0 Å². The first-order valence-corrected chi connectivity index (χ1v) is 18.1. The van der Waals surface area contributed by atoms with Gasteiger partial charge in [0, 0.05) is 49.0 Å². The first-order valence-electron chi connectivity index (χ1n) is 18.1. The first-order chi connectivity index (χ1) is 26.8. The second-order valence-electron chi connectivity index (χ2n) is 13.6. The lowest BCUT2D eigenvalue weighted by Crippen LogP contribution is -2.00. The minimum Gasteiger partial charge on any atom is -0.455 e. The summed E-state index contributed by atoms with van der Waals surface area (Å²) in [6.45, 7) is 0. The molecule has 0 aliphatic rings. The van der Waals surface area contributed by atoms with Crippen LogP contribution in [0.4, 0.5) is 0 Å². The van der Waals surface area contributed by atoms with Gasteiger partial charge in [0.05, 0.1) is 16.7 Å². The lowest BCUT2D eigenvalue weighted by atomic mass is 9.96. The Balaban J connectivity index is 1.10. The minimum absolute atomic E-state index is 0.628. The molecule has 3 heterocycles. The van der Waals surface area contributed by atoms with Crippen LogP contribution >= 0.6 is 0 Å². The van der Waals surface area contributed by atoms with Crippen LogP contribution < -0.4 is 0 Å². The van der Waals surface area contributed by atoms with Crippen LogP contribution in [0.2, 0.25) is 0 Å². The van der Waals surface area contributed by atoms with Gasteiger partial charge in [0.25, 0.3) is 0 Å². The summed E-state index contributed by atoms with van der Waals surface area (Å²) in [5.41, 5.74) is 10.2. The molecule has 0 aliphatic heterocycles. The molecule has 5 heteroatoms. The van der Waals surface area contributed by atoms with Crippen molar-refractivity contribution in [3.05, 3.63) is 182 Å². The zero-order valence-corrected chi connectivity index (χ0v) is 29.0. The zero-order valence-electron chi connectivity index (χ0n) is 29.0. The molecule has 0 saturated heterocycles. The van der Waals surface area contributed by atoms with Gasteiger partial charge in [0.1, 0.15) is 11.2 Å². The van der Waals surface area contributed by atoms with E-state index in [-0.39, 0.29) is 0 Å². The van der Waals surface area contributed by atoms with Crippen molar-refractivity contribution in [2.75, 3.05) is 0 Å². The summed E-state index contributed by atoms with van der Waals surface area (Å²) in [6.07, 6.45) is 0. The fourth-order valence-corrected chi connectivity index (χ4v) is 7.97. The Morgan fingerprint density at radius 2 is 0.852 bits per heavy atom. The van der Waals surface area contributed by atoms with E-state index in [9.17, 15) is 0 Å². The monoisotopic (exact) mass is 690 g/mol. The predicted molar refractivity (Wildman–Crippen MR) is 221 cm³/mol. The Bertz CT molecular complexity index is 3090. The number of benzene rings is 8. The van der Waals surface area contributed by atoms with Crippen molar-refractivity contribution < 1.29 is 4.42 Å². The van der Waals surface area contributed by atoms with Crippen LogP contribution in [-0.2, 0) is 0 Å². The summed E-state index contributed by atoms with van der Waals surface area (Å²) < 4.78 is 9.15. The summed E-state index contributed by atoms with van der Waals surface area (Å²) in [6, 6.07) is 63.2. The van der Waals surface area contributed by atoms with Gasteiger partial charge in [-0.2, -0.15) is 0 Å². The number of para-hydroxylation sites is 2. The van der Waals surface area contributed by atoms with E-state index < -0.39 is 0 Å². The largest absolute Gasteiger partial charge is 0.455 e. The number of furan rings is 1. The highest BCUT2D eigenvalue weighted by Gasteiger charge is 2.20. The summed E-state index contributed by atoms with van der Waals surface area (Å²) >= 11 is 0. The lowest BCUT2D eigenvalue weighted by Gasteiger charge is -2.13. The number of fused-ring (bicyclic) bond motifs is 8. The maximum atomic E-state index is 6.74. The molecule has 54 heavy (non-hydrogen) atoms. The molecule has 0 amide bonds. The smallest absolute Gasteiger partial charge is 0.164 e. The van der Waals surface area contributed by atoms with Crippen LogP contribution in [0, 0.1) is 0 Å². The van der Waals surface area contributed by atoms with E-state index >= 15 is 0 Å². The van der Waals surface area contributed by atoms with Crippen molar-refractivity contribution in [3.63, 3.8) is 0 Å². The molecule has 3 aromatic heterocycles. The quantitative estimate of drug-likeness (QED) is 0.180. The molecule has 0 unspecified atom stereocenters. The second-order valence-corrected chi connectivity index (χ2v) is 13.6. The summed E-state index contributed by atoms with van der Waals surface area (Å²) in [7, 11) is 0. The third-order valence-corrected chi connectivity index (χ3v) is 10.5. The fourth-order valence-electron chi connectivity index (χ4n) is 7.97. The molecular weight excluding hydrogens is 661 g/mol. The molecule has 0 spiro atoms. The van der Waals surface area contributed by atoms with Crippen LogP contribution in [0.1, 0.15) is 0 Å². The molecule has 8 aromatic carbocycles. The van der Waals surface area contributed by atoms with E-state index in [0.717, 1.165) is 66.2 Å². The van der Waals surface area contributed by atoms with Crippen molar-refractivity contribution in [3.8, 4) is 51.0 Å². The molecule has 0 N–H and O–H groups in total. The maximum absolute atomic E-state index is 6.74. The van der Waals surface area contributed by atoms with E-state index in [4.69, 9.17) is 19.4 Å². The number of rotatable bonds is 5. The van der Waals surface area contributed by atoms with Crippen LogP contribution in [0.3, 0.4) is 0 Å². The highest BCUT2D eigenvalue weighted by atomic mass is 16.3. The second kappa shape index (κ2) is 12.1. The van der Waals surface area contributed by atoms with Crippen LogP contribution in [0.5, 0.6) is 0 Å². The fraction of sp³-hybridized carbons (Fsp3) is 0. The topological polar surface area (TPSA) is 56.7 Å². The standard InChI is InChI=1S/C49H30N4O/c1-3-14-32(15-4-1)47-50-48(33-16-5-2-6-17-33)52-49(51-47)34-28-26-31(27-29-34)35-22-13-25-44-45(35)40-30-43(38-20-7-8-21-39(38)46(40)54-44)53-41-23-11-9-18-36(41)37-19-10-12-24-42(37)53/h1-30H. The van der Waals surface area contributed by atoms with E-state index in [1.54, 1.807) is 0 Å². The highest BCUT2D eigenvalue weighted by Crippen LogP contribution is 2.43. The maximum Gasteiger partial charge on any atom is 0.164 e. The van der Waals surface area contributed by atoms with E-state index in [1.807, 2.05) is 60.7 Å². The molecule has 0 fully saturated rings. The molecular formula is C49H30N4O. The number of nitrogens with zero attached hydrogens (tertiary/aromatic N) is 4. The van der Waals surface area contributed by atoms with Gasteiger partial charge < -0.3 is 8.98 Å². The third-order valence-electron chi connectivity index (χ3n) is 10.5. The Hall–Kier alpha value is -7.37. The Labute approximate surface area is 310 Å². The highest BCUT2D eigenvalue weighted by molar-refractivity contribution is 6.22.